The van der Waals surface area contributed by atoms with E-state index in [1.807, 2.05) is 17.5 Å². The summed E-state index contributed by atoms with van der Waals surface area (Å²) in [7, 11) is 0. The first-order valence-corrected chi connectivity index (χ1v) is 11.5. The number of benzene rings is 2. The first-order chi connectivity index (χ1) is 15.8. The van der Waals surface area contributed by atoms with Gasteiger partial charge in [0, 0.05) is 44.9 Å². The molecule has 0 saturated heterocycles. The third-order valence-corrected chi connectivity index (χ3v) is 6.27. The second-order valence-electron chi connectivity index (χ2n) is 7.56. The van der Waals surface area contributed by atoms with Crippen molar-refractivity contribution in [2.75, 3.05) is 5.32 Å². The molecule has 0 aliphatic heterocycles. The van der Waals surface area contributed by atoms with Crippen molar-refractivity contribution in [2.45, 2.75) is 26.7 Å². The fourth-order valence-corrected chi connectivity index (χ4v) is 4.30. The van der Waals surface area contributed by atoms with Crippen LogP contribution in [0.3, 0.4) is 0 Å². The first-order valence-electron chi connectivity index (χ1n) is 10.2. The Bertz CT molecular complexity index is 1370. The molecular weight excluding hydrogens is 460 g/mol. The lowest BCUT2D eigenvalue weighted by atomic mass is 10.1. The summed E-state index contributed by atoms with van der Waals surface area (Å²) >= 11 is 7.30. The molecule has 0 fully saturated rings. The van der Waals surface area contributed by atoms with Crippen LogP contribution in [0.2, 0.25) is 5.02 Å². The van der Waals surface area contributed by atoms with Gasteiger partial charge in [0.05, 0.1) is 5.69 Å². The van der Waals surface area contributed by atoms with Gasteiger partial charge in [0.2, 0.25) is 11.0 Å². The Morgan fingerprint density at radius 2 is 1.82 bits per heavy atom. The number of Topliss-reactive ketones (excluding diaryl/α,β-unsaturated/α-hetero) is 1. The largest absolute Gasteiger partial charge is 0.326 e. The molecule has 2 aromatic carbocycles. The van der Waals surface area contributed by atoms with E-state index in [-0.39, 0.29) is 23.7 Å². The van der Waals surface area contributed by atoms with Crippen LogP contribution in [0.4, 0.5) is 5.69 Å². The molecule has 168 valence electrons. The summed E-state index contributed by atoms with van der Waals surface area (Å²) in [6, 6.07) is 14.0. The van der Waals surface area contributed by atoms with Crippen LogP contribution in [0.1, 0.15) is 35.0 Å². The van der Waals surface area contributed by atoms with E-state index >= 15 is 0 Å². The number of aromatic nitrogens is 3. The third kappa shape index (κ3) is 5.13. The molecule has 0 aliphatic carbocycles. The molecule has 0 atom stereocenters. The zero-order chi connectivity index (χ0) is 23.5. The van der Waals surface area contributed by atoms with Crippen molar-refractivity contribution in [2.24, 2.45) is 0 Å². The van der Waals surface area contributed by atoms with Gasteiger partial charge >= 0.3 is 0 Å². The lowest BCUT2D eigenvalue weighted by Crippen LogP contribution is -2.19. The predicted molar refractivity (Wildman–Crippen MR) is 131 cm³/mol. The predicted octanol–water partition coefficient (Wildman–Crippen LogP) is 5.02. The van der Waals surface area contributed by atoms with Gasteiger partial charge in [-0.2, -0.15) is 4.68 Å². The summed E-state index contributed by atoms with van der Waals surface area (Å²) in [5.41, 5.74) is 3.86. The molecule has 4 aromatic rings. The van der Waals surface area contributed by atoms with E-state index in [2.05, 4.69) is 15.4 Å². The third-order valence-electron chi connectivity index (χ3n) is 5.19. The maximum atomic E-state index is 13.0. The summed E-state index contributed by atoms with van der Waals surface area (Å²) in [6.45, 7) is 3.29. The molecule has 0 radical (unpaired) electrons. The van der Waals surface area contributed by atoms with Gasteiger partial charge in [-0.3, -0.25) is 19.5 Å². The number of hydrogen-bond donors (Lipinski definition) is 2. The quantitative estimate of drug-likeness (QED) is 0.363. The van der Waals surface area contributed by atoms with Gasteiger partial charge in [-0.1, -0.05) is 23.7 Å². The number of hydrogen-bond acceptors (Lipinski definition) is 5. The van der Waals surface area contributed by atoms with Gasteiger partial charge in [-0.05, 0) is 56.7 Å². The van der Waals surface area contributed by atoms with Crippen LogP contribution < -0.4 is 10.9 Å². The minimum absolute atomic E-state index is 0.0346. The van der Waals surface area contributed by atoms with E-state index in [1.54, 1.807) is 43.3 Å². The lowest BCUT2D eigenvalue weighted by Gasteiger charge is -2.05. The highest BCUT2D eigenvalue weighted by Crippen LogP contribution is 2.25. The average Bonchev–Trinajstić information content (AvgIpc) is 3.38. The van der Waals surface area contributed by atoms with Gasteiger partial charge in [0.25, 0.3) is 5.56 Å². The Hall–Kier alpha value is -3.49. The van der Waals surface area contributed by atoms with Crippen LogP contribution in [-0.2, 0) is 11.2 Å². The number of carbonyl (C=O) groups excluding carboxylic acids is 2. The highest BCUT2D eigenvalue weighted by atomic mass is 35.5. The summed E-state index contributed by atoms with van der Waals surface area (Å²) < 4.78 is 1.41. The Labute approximate surface area is 199 Å². The van der Waals surface area contributed by atoms with Gasteiger partial charge in [0.1, 0.15) is 0 Å². The summed E-state index contributed by atoms with van der Waals surface area (Å²) in [5, 5.41) is 8.90. The molecule has 33 heavy (non-hydrogen) atoms. The minimum atomic E-state index is -0.219. The molecule has 1 amide bonds. The molecule has 0 spiro atoms. The number of aryl methyl sites for hydroxylation is 1. The number of carbonyl (C=O) groups is 2. The molecule has 2 heterocycles. The van der Waals surface area contributed by atoms with Crippen LogP contribution in [0.25, 0.3) is 16.4 Å². The molecule has 4 rings (SSSR count). The van der Waals surface area contributed by atoms with Crippen molar-refractivity contribution in [3.05, 3.63) is 86.1 Å². The van der Waals surface area contributed by atoms with Crippen molar-refractivity contribution in [3.8, 4) is 16.4 Å². The van der Waals surface area contributed by atoms with E-state index in [0.717, 1.165) is 11.3 Å². The molecule has 0 saturated carbocycles. The minimum Gasteiger partial charge on any atom is -0.326 e. The Kier molecular flexibility index (Phi) is 6.57. The number of ketones is 1. The van der Waals surface area contributed by atoms with E-state index in [9.17, 15) is 14.4 Å². The second kappa shape index (κ2) is 9.56. The normalized spacial score (nSPS) is 10.9. The molecule has 2 N–H and O–H groups in total. The van der Waals surface area contributed by atoms with Crippen LogP contribution in [0, 0.1) is 6.92 Å². The number of rotatable bonds is 7. The SMILES string of the molecule is CC(=O)c1ccc(NC(=O)CCc2c(C)[nH]n(-c3nc(-c4ccc(Cl)cc4)cs3)c2=O)cc1. The fraction of sp³-hybridized carbons (Fsp3) is 0.167. The van der Waals surface area contributed by atoms with Gasteiger partial charge in [-0.15, -0.1) is 11.3 Å². The number of H-pyrrole nitrogens is 1. The summed E-state index contributed by atoms with van der Waals surface area (Å²) in [6.07, 6.45) is 0.442. The molecule has 0 unspecified atom stereocenters. The smallest absolute Gasteiger partial charge is 0.276 e. The van der Waals surface area contributed by atoms with E-state index in [4.69, 9.17) is 11.6 Å². The van der Waals surface area contributed by atoms with E-state index in [0.29, 0.717) is 39.1 Å². The standard InChI is InChI=1S/C24H21ClN4O3S/c1-14-20(11-12-22(31)26-19-9-5-16(6-10-19)15(2)30)23(32)29(28-14)24-27-21(13-33-24)17-3-7-18(25)8-4-17/h3-10,13,28H,11-12H2,1-2H3,(H,26,31). The number of aromatic amines is 1. The number of anilines is 1. The van der Waals surface area contributed by atoms with E-state index < -0.39 is 0 Å². The second-order valence-corrected chi connectivity index (χ2v) is 8.83. The van der Waals surface area contributed by atoms with Gasteiger partial charge < -0.3 is 5.32 Å². The average molecular weight is 481 g/mol. The van der Waals surface area contributed by atoms with Crippen molar-refractivity contribution >= 4 is 40.3 Å². The van der Waals surface area contributed by atoms with Crippen LogP contribution in [0.15, 0.2) is 58.7 Å². The van der Waals surface area contributed by atoms with Crippen molar-refractivity contribution in [3.63, 3.8) is 0 Å². The number of amides is 1. The van der Waals surface area contributed by atoms with Gasteiger partial charge in [0.15, 0.2) is 5.78 Å². The van der Waals surface area contributed by atoms with Crippen molar-refractivity contribution in [1.29, 1.82) is 0 Å². The number of halogens is 1. The molecule has 0 aliphatic rings. The zero-order valence-electron chi connectivity index (χ0n) is 18.0. The van der Waals surface area contributed by atoms with Crippen LogP contribution in [-0.4, -0.2) is 26.5 Å². The lowest BCUT2D eigenvalue weighted by molar-refractivity contribution is -0.116. The highest BCUT2D eigenvalue weighted by molar-refractivity contribution is 7.12. The Morgan fingerprint density at radius 3 is 2.48 bits per heavy atom. The molecule has 2 aromatic heterocycles. The summed E-state index contributed by atoms with van der Waals surface area (Å²) in [5.74, 6) is -0.246. The van der Waals surface area contributed by atoms with E-state index in [1.165, 1.54) is 22.9 Å². The molecular formula is C24H21ClN4O3S. The number of nitrogens with one attached hydrogen (secondary N) is 2. The molecule has 7 nitrogen and oxygen atoms in total. The molecule has 0 bridgehead atoms. The monoisotopic (exact) mass is 480 g/mol. The Morgan fingerprint density at radius 1 is 1.12 bits per heavy atom. The maximum Gasteiger partial charge on any atom is 0.276 e. The van der Waals surface area contributed by atoms with Crippen LogP contribution in [0.5, 0.6) is 0 Å². The summed E-state index contributed by atoms with van der Waals surface area (Å²) in [4.78, 5) is 41.3. The van der Waals surface area contributed by atoms with Crippen molar-refractivity contribution < 1.29 is 9.59 Å². The highest BCUT2D eigenvalue weighted by Gasteiger charge is 2.16. The maximum absolute atomic E-state index is 13.0. The first kappa shape index (κ1) is 22.7. The molecule has 9 heteroatoms. The fourth-order valence-electron chi connectivity index (χ4n) is 3.38. The van der Waals surface area contributed by atoms with Gasteiger partial charge in [-0.25, -0.2) is 4.98 Å². The Balaban J connectivity index is 1.44. The number of nitrogens with zero attached hydrogens (tertiary/aromatic N) is 2. The van der Waals surface area contributed by atoms with Crippen molar-refractivity contribution in [1.82, 2.24) is 14.8 Å². The van der Waals surface area contributed by atoms with Crippen LogP contribution >= 0.6 is 22.9 Å². The topological polar surface area (TPSA) is 96.8 Å². The number of thiazole rings is 1. The zero-order valence-corrected chi connectivity index (χ0v) is 19.6.